The predicted molar refractivity (Wildman–Crippen MR) is 94.5 cm³/mol. The van der Waals surface area contributed by atoms with Crippen molar-refractivity contribution in [3.63, 3.8) is 0 Å². The first-order valence-electron chi connectivity index (χ1n) is 7.82. The van der Waals surface area contributed by atoms with Crippen molar-refractivity contribution in [2.45, 2.75) is 39.6 Å². The molecule has 2 heterocycles. The summed E-state index contributed by atoms with van der Waals surface area (Å²) in [6.07, 6.45) is 2.05. The molecule has 7 heteroatoms. The van der Waals surface area contributed by atoms with E-state index in [1.807, 2.05) is 32.0 Å². The SMILES string of the molecule is Cc1nc(C)c(-c2nc3ccccc3n2CCCCB(O)O)s1. The van der Waals surface area contributed by atoms with Gasteiger partial charge in [-0.1, -0.05) is 18.6 Å². The lowest BCUT2D eigenvalue weighted by Gasteiger charge is -2.08. The molecular weight excluding hydrogens is 309 g/mol. The second-order valence-electron chi connectivity index (χ2n) is 5.70. The molecule has 0 saturated carbocycles. The van der Waals surface area contributed by atoms with Crippen molar-refractivity contribution in [1.82, 2.24) is 14.5 Å². The van der Waals surface area contributed by atoms with Gasteiger partial charge in [-0.2, -0.15) is 0 Å². The average Bonchev–Trinajstić information content (AvgIpc) is 3.03. The number of imidazole rings is 1. The van der Waals surface area contributed by atoms with Crippen LogP contribution in [-0.4, -0.2) is 31.7 Å². The molecule has 0 amide bonds. The van der Waals surface area contributed by atoms with Crippen LogP contribution in [0.1, 0.15) is 23.5 Å². The van der Waals surface area contributed by atoms with E-state index in [1.165, 1.54) is 0 Å². The smallest absolute Gasteiger partial charge is 0.427 e. The Kier molecular flexibility index (Phi) is 4.80. The Bertz CT molecular complexity index is 813. The molecule has 3 rings (SSSR count). The largest absolute Gasteiger partial charge is 0.451 e. The number of aryl methyl sites for hydroxylation is 3. The van der Waals surface area contributed by atoms with Crippen LogP contribution in [-0.2, 0) is 6.54 Å². The lowest BCUT2D eigenvalue weighted by molar-refractivity contribution is 0.401. The van der Waals surface area contributed by atoms with Gasteiger partial charge >= 0.3 is 7.12 Å². The Labute approximate surface area is 139 Å². The van der Waals surface area contributed by atoms with Gasteiger partial charge in [-0.15, -0.1) is 11.3 Å². The second-order valence-corrected chi connectivity index (χ2v) is 6.90. The molecule has 2 aromatic heterocycles. The van der Waals surface area contributed by atoms with Crippen molar-refractivity contribution < 1.29 is 10.0 Å². The van der Waals surface area contributed by atoms with E-state index in [0.29, 0.717) is 6.32 Å². The van der Waals surface area contributed by atoms with E-state index in [1.54, 1.807) is 11.3 Å². The second kappa shape index (κ2) is 6.82. The Balaban J connectivity index is 1.96. The minimum absolute atomic E-state index is 0.403. The van der Waals surface area contributed by atoms with Crippen LogP contribution >= 0.6 is 11.3 Å². The molecule has 0 aliphatic rings. The number of nitrogens with zero attached hydrogens (tertiary/aromatic N) is 3. The fourth-order valence-corrected chi connectivity index (χ4v) is 3.73. The van der Waals surface area contributed by atoms with Gasteiger partial charge in [0, 0.05) is 6.54 Å². The van der Waals surface area contributed by atoms with Crippen molar-refractivity contribution in [2.24, 2.45) is 0 Å². The van der Waals surface area contributed by atoms with Gasteiger partial charge in [-0.05, 0) is 38.7 Å². The van der Waals surface area contributed by atoms with E-state index >= 15 is 0 Å². The molecule has 1 aromatic carbocycles. The van der Waals surface area contributed by atoms with Gasteiger partial charge in [0.05, 0.1) is 26.6 Å². The van der Waals surface area contributed by atoms with E-state index in [4.69, 9.17) is 15.0 Å². The molecule has 23 heavy (non-hydrogen) atoms. The first-order valence-corrected chi connectivity index (χ1v) is 8.63. The first-order chi connectivity index (χ1) is 11.1. The van der Waals surface area contributed by atoms with E-state index in [0.717, 1.165) is 51.8 Å². The maximum absolute atomic E-state index is 8.98. The summed E-state index contributed by atoms with van der Waals surface area (Å²) in [6.45, 7) is 4.83. The summed E-state index contributed by atoms with van der Waals surface area (Å²) in [5.41, 5.74) is 3.10. The molecule has 0 bridgehead atoms. The van der Waals surface area contributed by atoms with Gasteiger partial charge in [0.2, 0.25) is 0 Å². The summed E-state index contributed by atoms with van der Waals surface area (Å²) in [5, 5.41) is 19.0. The quantitative estimate of drug-likeness (QED) is 0.539. The number of benzene rings is 1. The van der Waals surface area contributed by atoms with E-state index in [-0.39, 0.29) is 0 Å². The molecule has 0 aliphatic carbocycles. The van der Waals surface area contributed by atoms with Crippen LogP contribution < -0.4 is 0 Å². The average molecular weight is 329 g/mol. The Hall–Kier alpha value is -1.70. The summed E-state index contributed by atoms with van der Waals surface area (Å²) in [5.74, 6) is 0.957. The molecule has 120 valence electrons. The number of hydrogen-bond donors (Lipinski definition) is 2. The zero-order valence-electron chi connectivity index (χ0n) is 13.4. The van der Waals surface area contributed by atoms with Gasteiger partial charge < -0.3 is 14.6 Å². The van der Waals surface area contributed by atoms with E-state index in [9.17, 15) is 0 Å². The van der Waals surface area contributed by atoms with Crippen molar-refractivity contribution in [3.8, 4) is 10.7 Å². The van der Waals surface area contributed by atoms with Crippen LogP contribution in [0.3, 0.4) is 0 Å². The van der Waals surface area contributed by atoms with Crippen LogP contribution in [0.5, 0.6) is 0 Å². The zero-order valence-corrected chi connectivity index (χ0v) is 14.2. The molecule has 0 fully saturated rings. The maximum atomic E-state index is 8.98. The van der Waals surface area contributed by atoms with Crippen molar-refractivity contribution in [3.05, 3.63) is 35.0 Å². The lowest BCUT2D eigenvalue weighted by atomic mass is 9.84. The Morgan fingerprint density at radius 1 is 1.13 bits per heavy atom. The first kappa shape index (κ1) is 16.2. The van der Waals surface area contributed by atoms with Crippen LogP contribution in [0, 0.1) is 13.8 Å². The van der Waals surface area contributed by atoms with Crippen LogP contribution in [0.4, 0.5) is 0 Å². The molecule has 2 N–H and O–H groups in total. The normalized spacial score (nSPS) is 11.3. The van der Waals surface area contributed by atoms with Gasteiger partial charge in [0.15, 0.2) is 5.82 Å². The highest BCUT2D eigenvalue weighted by atomic mass is 32.1. The van der Waals surface area contributed by atoms with Gasteiger partial charge in [0.25, 0.3) is 0 Å². The topological polar surface area (TPSA) is 71.2 Å². The number of hydrogen-bond acceptors (Lipinski definition) is 5. The van der Waals surface area contributed by atoms with Crippen LogP contribution in [0.25, 0.3) is 21.7 Å². The number of para-hydroxylation sites is 2. The molecule has 0 spiro atoms. The lowest BCUT2D eigenvalue weighted by Crippen LogP contribution is -2.10. The molecular formula is C16H20BN3O2S. The number of rotatable bonds is 6. The third-order valence-corrected chi connectivity index (χ3v) is 4.92. The highest BCUT2D eigenvalue weighted by molar-refractivity contribution is 7.15. The summed E-state index contributed by atoms with van der Waals surface area (Å²) in [4.78, 5) is 10.4. The minimum atomic E-state index is -1.22. The number of fused-ring (bicyclic) bond motifs is 1. The fourth-order valence-electron chi connectivity index (χ4n) is 2.81. The molecule has 3 aromatic rings. The molecule has 0 radical (unpaired) electrons. The van der Waals surface area contributed by atoms with E-state index in [2.05, 4.69) is 15.6 Å². The minimum Gasteiger partial charge on any atom is -0.427 e. The predicted octanol–water partition coefficient (Wildman–Crippen LogP) is 3.03. The highest BCUT2D eigenvalue weighted by Gasteiger charge is 2.17. The molecule has 0 unspecified atom stereocenters. The zero-order chi connectivity index (χ0) is 16.4. The molecule has 0 saturated heterocycles. The monoisotopic (exact) mass is 329 g/mol. The Morgan fingerprint density at radius 3 is 2.61 bits per heavy atom. The molecule has 5 nitrogen and oxygen atoms in total. The molecule has 0 aliphatic heterocycles. The highest BCUT2D eigenvalue weighted by Crippen LogP contribution is 2.32. The van der Waals surface area contributed by atoms with Crippen LogP contribution in [0.2, 0.25) is 6.32 Å². The van der Waals surface area contributed by atoms with Gasteiger partial charge in [0.1, 0.15) is 0 Å². The summed E-state index contributed by atoms with van der Waals surface area (Å²) in [6, 6.07) is 8.12. The summed E-state index contributed by atoms with van der Waals surface area (Å²) >= 11 is 1.67. The number of thiazole rings is 1. The fraction of sp³-hybridized carbons (Fsp3) is 0.375. The summed E-state index contributed by atoms with van der Waals surface area (Å²) < 4.78 is 2.22. The maximum Gasteiger partial charge on any atom is 0.451 e. The standard InChI is InChI=1S/C16H20BN3O2S/c1-11-15(23-12(2)18-11)16-19-13-7-3-4-8-14(13)20(16)10-6-5-9-17(21)22/h3-4,7-8,21-22H,5-6,9-10H2,1-2H3. The number of aromatic nitrogens is 3. The van der Waals surface area contributed by atoms with Gasteiger partial charge in [-0.3, -0.25) is 0 Å². The van der Waals surface area contributed by atoms with E-state index < -0.39 is 7.12 Å². The van der Waals surface area contributed by atoms with Crippen molar-refractivity contribution >= 4 is 29.5 Å². The number of unbranched alkanes of at least 4 members (excludes halogenated alkanes) is 1. The third kappa shape index (κ3) is 3.47. The Morgan fingerprint density at radius 2 is 1.91 bits per heavy atom. The molecule has 0 atom stereocenters. The van der Waals surface area contributed by atoms with Crippen molar-refractivity contribution in [1.29, 1.82) is 0 Å². The summed E-state index contributed by atoms with van der Waals surface area (Å²) in [7, 11) is -1.22. The third-order valence-electron chi connectivity index (χ3n) is 3.86. The van der Waals surface area contributed by atoms with Gasteiger partial charge in [-0.25, -0.2) is 9.97 Å². The van der Waals surface area contributed by atoms with Crippen molar-refractivity contribution in [2.75, 3.05) is 0 Å². The van der Waals surface area contributed by atoms with Crippen LogP contribution in [0.15, 0.2) is 24.3 Å².